The Morgan fingerprint density at radius 3 is 2.60 bits per heavy atom. The minimum Gasteiger partial charge on any atom is -0.323 e. The molecule has 3 rings (SSSR count). The van der Waals surface area contributed by atoms with E-state index in [2.05, 4.69) is 29.2 Å². The highest BCUT2D eigenvalue weighted by Gasteiger charge is 2.30. The number of carbonyl (C=O) groups excluding carboxylic acids is 2. The van der Waals surface area contributed by atoms with Gasteiger partial charge in [0, 0.05) is 23.7 Å². The fraction of sp³-hybridized carbons (Fsp3) is 0.316. The van der Waals surface area contributed by atoms with E-state index in [0.29, 0.717) is 17.2 Å². The lowest BCUT2D eigenvalue weighted by Crippen LogP contribution is -2.14. The average molecular weight is 338 g/mol. The summed E-state index contributed by atoms with van der Waals surface area (Å²) < 4.78 is 2.00. The molecule has 6 nitrogen and oxygen atoms in total. The Kier molecular flexibility index (Phi) is 4.97. The first-order valence-electron chi connectivity index (χ1n) is 8.53. The molecule has 1 aromatic heterocycles. The molecule has 0 atom stereocenters. The molecule has 1 aliphatic rings. The first-order valence-corrected chi connectivity index (χ1v) is 8.53. The lowest BCUT2D eigenvalue weighted by molar-refractivity contribution is -0.111. The third kappa shape index (κ3) is 3.96. The van der Waals surface area contributed by atoms with Gasteiger partial charge in [-0.2, -0.15) is 5.10 Å². The molecule has 0 bridgehead atoms. The van der Waals surface area contributed by atoms with E-state index in [1.54, 1.807) is 30.5 Å². The van der Waals surface area contributed by atoms with Crippen LogP contribution in [-0.2, 0) is 11.3 Å². The molecule has 1 heterocycles. The number of rotatable bonds is 7. The van der Waals surface area contributed by atoms with Gasteiger partial charge < -0.3 is 10.6 Å². The molecule has 1 aromatic carbocycles. The molecule has 6 heteroatoms. The number of anilines is 2. The zero-order valence-corrected chi connectivity index (χ0v) is 14.3. The number of aryl methyl sites for hydroxylation is 1. The van der Waals surface area contributed by atoms with Gasteiger partial charge in [-0.3, -0.25) is 14.3 Å². The van der Waals surface area contributed by atoms with Crippen molar-refractivity contribution < 1.29 is 9.59 Å². The first-order chi connectivity index (χ1) is 12.1. The summed E-state index contributed by atoms with van der Waals surface area (Å²) >= 11 is 0. The van der Waals surface area contributed by atoms with Gasteiger partial charge in [0.2, 0.25) is 5.91 Å². The largest absolute Gasteiger partial charge is 0.323 e. The van der Waals surface area contributed by atoms with E-state index in [0.717, 1.165) is 37.2 Å². The van der Waals surface area contributed by atoms with Crippen molar-refractivity contribution in [2.24, 2.45) is 0 Å². The lowest BCUT2D eigenvalue weighted by atomic mass is 10.1. The molecule has 0 saturated heterocycles. The second kappa shape index (κ2) is 7.34. The molecule has 0 unspecified atom stereocenters. The van der Waals surface area contributed by atoms with Crippen molar-refractivity contribution >= 4 is 23.2 Å². The average Bonchev–Trinajstić information content (AvgIpc) is 3.38. The van der Waals surface area contributed by atoms with Crippen LogP contribution in [-0.4, -0.2) is 21.6 Å². The van der Waals surface area contributed by atoms with E-state index in [-0.39, 0.29) is 11.8 Å². The monoisotopic (exact) mass is 338 g/mol. The van der Waals surface area contributed by atoms with E-state index in [4.69, 9.17) is 0 Å². The van der Waals surface area contributed by atoms with Gasteiger partial charge in [-0.15, -0.1) is 0 Å². The molecule has 1 fully saturated rings. The molecule has 2 amide bonds. The maximum Gasteiger partial charge on any atom is 0.255 e. The van der Waals surface area contributed by atoms with Crippen molar-refractivity contribution in [2.75, 3.05) is 10.6 Å². The summed E-state index contributed by atoms with van der Waals surface area (Å²) in [5, 5.41) is 10.0. The molecule has 1 aliphatic carbocycles. The Labute approximate surface area is 146 Å². The van der Waals surface area contributed by atoms with Crippen molar-refractivity contribution in [2.45, 2.75) is 38.6 Å². The fourth-order valence-electron chi connectivity index (χ4n) is 2.76. The van der Waals surface area contributed by atoms with E-state index >= 15 is 0 Å². The van der Waals surface area contributed by atoms with Crippen molar-refractivity contribution in [3.63, 3.8) is 0 Å². The number of hydrogen-bond acceptors (Lipinski definition) is 3. The van der Waals surface area contributed by atoms with Gasteiger partial charge in [-0.25, -0.2) is 0 Å². The van der Waals surface area contributed by atoms with Gasteiger partial charge in [0.15, 0.2) is 0 Å². The summed E-state index contributed by atoms with van der Waals surface area (Å²) in [5.41, 5.74) is 3.08. The molecular formula is C19H22N4O2. The molecular weight excluding hydrogens is 316 g/mol. The Hall–Kier alpha value is -2.89. The summed E-state index contributed by atoms with van der Waals surface area (Å²) in [7, 11) is 0. The number of carbonyl (C=O) groups is 2. The molecule has 25 heavy (non-hydrogen) atoms. The fourth-order valence-corrected chi connectivity index (χ4v) is 2.76. The van der Waals surface area contributed by atoms with Crippen LogP contribution in [0.2, 0.25) is 0 Å². The van der Waals surface area contributed by atoms with Crippen LogP contribution in [0.4, 0.5) is 11.4 Å². The number of amides is 2. The normalized spacial score (nSPS) is 13.3. The number of benzene rings is 1. The predicted molar refractivity (Wildman–Crippen MR) is 97.7 cm³/mol. The summed E-state index contributed by atoms with van der Waals surface area (Å²) in [6.45, 7) is 6.38. The van der Waals surface area contributed by atoms with Gasteiger partial charge in [-0.1, -0.05) is 13.5 Å². The minimum atomic E-state index is -0.283. The third-order valence-electron chi connectivity index (χ3n) is 4.13. The summed E-state index contributed by atoms with van der Waals surface area (Å²) in [4.78, 5) is 23.8. The molecule has 1 saturated carbocycles. The van der Waals surface area contributed by atoms with Crippen LogP contribution in [0, 0.1) is 0 Å². The number of nitrogens with zero attached hydrogens (tertiary/aromatic N) is 2. The smallest absolute Gasteiger partial charge is 0.255 e. The highest BCUT2D eigenvalue weighted by atomic mass is 16.2. The third-order valence-corrected chi connectivity index (χ3v) is 4.13. The van der Waals surface area contributed by atoms with Crippen LogP contribution < -0.4 is 10.6 Å². The first kappa shape index (κ1) is 17.0. The molecule has 2 aromatic rings. The van der Waals surface area contributed by atoms with E-state index in [1.807, 2.05) is 4.68 Å². The Morgan fingerprint density at radius 1 is 1.28 bits per heavy atom. The molecule has 0 spiro atoms. The van der Waals surface area contributed by atoms with Crippen LogP contribution in [0.15, 0.2) is 43.1 Å². The van der Waals surface area contributed by atoms with Crippen LogP contribution in [0.3, 0.4) is 0 Å². The van der Waals surface area contributed by atoms with Gasteiger partial charge in [0.1, 0.15) is 0 Å². The van der Waals surface area contributed by atoms with Crippen molar-refractivity contribution in [3.8, 4) is 0 Å². The zero-order chi connectivity index (χ0) is 17.8. The Morgan fingerprint density at radius 2 is 2.00 bits per heavy atom. The highest BCUT2D eigenvalue weighted by Crippen LogP contribution is 2.43. The molecule has 0 aliphatic heterocycles. The predicted octanol–water partition coefficient (Wildman–Crippen LogP) is 3.55. The Balaban J connectivity index is 1.72. The zero-order valence-electron chi connectivity index (χ0n) is 14.3. The standard InChI is InChI=1S/C19H22N4O2/c1-3-11-23-18(13-5-6-13)16(12-20-23)22-19(25)14-7-9-15(10-8-14)21-17(24)4-2/h4,7-10,12-13H,2-3,5-6,11H2,1H3,(H,21,24)(H,22,25). The van der Waals surface area contributed by atoms with Crippen molar-refractivity contribution in [1.82, 2.24) is 9.78 Å². The van der Waals surface area contributed by atoms with Gasteiger partial charge in [0.05, 0.1) is 17.6 Å². The van der Waals surface area contributed by atoms with Crippen LogP contribution in [0.1, 0.15) is 48.2 Å². The molecule has 130 valence electrons. The van der Waals surface area contributed by atoms with Crippen molar-refractivity contribution in [3.05, 3.63) is 54.4 Å². The second-order valence-electron chi connectivity index (χ2n) is 6.17. The second-order valence-corrected chi connectivity index (χ2v) is 6.17. The SMILES string of the molecule is C=CC(=O)Nc1ccc(C(=O)Nc2cnn(CCC)c2C2CC2)cc1. The number of aromatic nitrogens is 2. The summed E-state index contributed by atoms with van der Waals surface area (Å²) in [6.07, 6.45) is 6.24. The van der Waals surface area contributed by atoms with Gasteiger partial charge in [0.25, 0.3) is 5.91 Å². The molecule has 2 N–H and O–H groups in total. The van der Waals surface area contributed by atoms with Gasteiger partial charge >= 0.3 is 0 Å². The van der Waals surface area contributed by atoms with Crippen LogP contribution in [0.5, 0.6) is 0 Å². The maximum atomic E-state index is 12.5. The lowest BCUT2D eigenvalue weighted by Gasteiger charge is -2.09. The van der Waals surface area contributed by atoms with Gasteiger partial charge in [-0.05, 0) is 49.6 Å². The molecule has 0 radical (unpaired) electrons. The van der Waals surface area contributed by atoms with E-state index < -0.39 is 0 Å². The maximum absolute atomic E-state index is 12.5. The van der Waals surface area contributed by atoms with Crippen LogP contribution in [0.25, 0.3) is 0 Å². The van der Waals surface area contributed by atoms with E-state index in [1.165, 1.54) is 6.08 Å². The summed E-state index contributed by atoms with van der Waals surface area (Å²) in [6, 6.07) is 6.75. The van der Waals surface area contributed by atoms with Crippen molar-refractivity contribution in [1.29, 1.82) is 0 Å². The highest BCUT2D eigenvalue weighted by molar-refractivity contribution is 6.05. The van der Waals surface area contributed by atoms with E-state index in [9.17, 15) is 9.59 Å². The quantitative estimate of drug-likeness (QED) is 0.758. The minimum absolute atomic E-state index is 0.181. The summed E-state index contributed by atoms with van der Waals surface area (Å²) in [5.74, 6) is 0.0370. The van der Waals surface area contributed by atoms with Crippen LogP contribution >= 0.6 is 0 Å². The topological polar surface area (TPSA) is 76.0 Å². The number of nitrogens with one attached hydrogen (secondary N) is 2. The number of hydrogen-bond donors (Lipinski definition) is 2. The Bertz CT molecular complexity index is 788.